The average Bonchev–Trinajstić information content (AvgIpc) is 2.39. The van der Waals surface area contributed by atoms with Crippen molar-refractivity contribution >= 4 is 0 Å². The van der Waals surface area contributed by atoms with Crippen LogP contribution in [0.5, 0.6) is 0 Å². The van der Waals surface area contributed by atoms with Crippen molar-refractivity contribution in [2.24, 2.45) is 0 Å². The predicted molar refractivity (Wildman–Crippen MR) is 77.3 cm³/mol. The van der Waals surface area contributed by atoms with Gasteiger partial charge in [0.05, 0.1) is 12.2 Å². The summed E-state index contributed by atoms with van der Waals surface area (Å²) in [5, 5.41) is 3.47. The summed E-state index contributed by atoms with van der Waals surface area (Å²) in [4.78, 5) is 0. The third-order valence-electron chi connectivity index (χ3n) is 3.97. The summed E-state index contributed by atoms with van der Waals surface area (Å²) in [7, 11) is 1.72. The van der Waals surface area contributed by atoms with Crippen molar-refractivity contribution < 1.29 is 13.9 Å². The first-order valence-electron chi connectivity index (χ1n) is 7.20. The molecular weight excluding hydrogens is 257 g/mol. The molecule has 0 bridgehead atoms. The number of aryl methyl sites for hydroxylation is 2. The number of hydrogen-bond acceptors (Lipinski definition) is 3. The summed E-state index contributed by atoms with van der Waals surface area (Å²) in [6, 6.07) is 4.10. The second-order valence-electron chi connectivity index (χ2n) is 5.46. The fourth-order valence-electron chi connectivity index (χ4n) is 2.86. The van der Waals surface area contributed by atoms with Crippen molar-refractivity contribution in [2.45, 2.75) is 52.0 Å². The van der Waals surface area contributed by atoms with Crippen LogP contribution in [0, 0.1) is 19.7 Å². The maximum Gasteiger partial charge on any atom is 0.129 e. The number of rotatable bonds is 6. The average molecular weight is 281 g/mol. The van der Waals surface area contributed by atoms with E-state index >= 15 is 0 Å². The molecule has 1 aliphatic carbocycles. The SMILES string of the molecule is CCOC1CC(NCc2cc(C)c(F)c(C)c2)C1OC. The molecule has 1 aromatic rings. The zero-order valence-corrected chi connectivity index (χ0v) is 12.7. The van der Waals surface area contributed by atoms with Crippen LogP contribution in [0.25, 0.3) is 0 Å². The summed E-state index contributed by atoms with van der Waals surface area (Å²) in [5.41, 5.74) is 2.51. The van der Waals surface area contributed by atoms with Gasteiger partial charge in [0.25, 0.3) is 0 Å². The van der Waals surface area contributed by atoms with Gasteiger partial charge < -0.3 is 14.8 Å². The van der Waals surface area contributed by atoms with Gasteiger partial charge in [0, 0.05) is 26.3 Å². The van der Waals surface area contributed by atoms with Crippen LogP contribution in [-0.4, -0.2) is 32.0 Å². The quantitative estimate of drug-likeness (QED) is 0.869. The molecule has 3 nitrogen and oxygen atoms in total. The molecule has 0 heterocycles. The van der Waals surface area contributed by atoms with Gasteiger partial charge in [-0.15, -0.1) is 0 Å². The molecule has 0 spiro atoms. The molecule has 0 aromatic heterocycles. The normalized spacial score (nSPS) is 25.6. The molecule has 0 saturated heterocycles. The highest BCUT2D eigenvalue weighted by atomic mass is 19.1. The lowest BCUT2D eigenvalue weighted by molar-refractivity contribution is -0.131. The fraction of sp³-hybridized carbons (Fsp3) is 0.625. The van der Waals surface area contributed by atoms with Crippen LogP contribution >= 0.6 is 0 Å². The first kappa shape index (κ1) is 15.4. The minimum atomic E-state index is -0.108. The van der Waals surface area contributed by atoms with Gasteiger partial charge in [-0.1, -0.05) is 12.1 Å². The van der Waals surface area contributed by atoms with Gasteiger partial charge in [-0.3, -0.25) is 0 Å². The third kappa shape index (κ3) is 3.19. The zero-order chi connectivity index (χ0) is 14.7. The van der Waals surface area contributed by atoms with Crippen molar-refractivity contribution in [2.75, 3.05) is 13.7 Å². The van der Waals surface area contributed by atoms with E-state index in [0.29, 0.717) is 23.8 Å². The Kier molecular flexibility index (Phi) is 5.13. The second kappa shape index (κ2) is 6.66. The largest absolute Gasteiger partial charge is 0.377 e. The number of hydrogen-bond donors (Lipinski definition) is 1. The summed E-state index contributed by atoms with van der Waals surface area (Å²) >= 11 is 0. The number of methoxy groups -OCH3 is 1. The van der Waals surface area contributed by atoms with E-state index in [1.165, 1.54) is 0 Å². The molecule has 1 saturated carbocycles. The van der Waals surface area contributed by atoms with Crippen LogP contribution < -0.4 is 5.32 Å². The van der Waals surface area contributed by atoms with Crippen molar-refractivity contribution in [3.63, 3.8) is 0 Å². The highest BCUT2D eigenvalue weighted by Gasteiger charge is 2.41. The van der Waals surface area contributed by atoms with Crippen LogP contribution in [0.15, 0.2) is 12.1 Å². The van der Waals surface area contributed by atoms with E-state index in [1.807, 2.05) is 19.1 Å². The molecule has 3 unspecified atom stereocenters. The minimum Gasteiger partial charge on any atom is -0.377 e. The molecular formula is C16H24FNO2. The zero-order valence-electron chi connectivity index (χ0n) is 12.7. The number of benzene rings is 1. The Morgan fingerprint density at radius 2 is 1.95 bits per heavy atom. The van der Waals surface area contributed by atoms with Crippen molar-refractivity contribution in [1.82, 2.24) is 5.32 Å². The van der Waals surface area contributed by atoms with E-state index in [0.717, 1.165) is 18.5 Å². The summed E-state index contributed by atoms with van der Waals surface area (Å²) in [6.45, 7) is 7.05. The smallest absolute Gasteiger partial charge is 0.129 e. The van der Waals surface area contributed by atoms with Gasteiger partial charge in [0.1, 0.15) is 5.82 Å². The highest BCUT2D eigenvalue weighted by Crippen LogP contribution is 2.27. The Hall–Kier alpha value is -0.970. The third-order valence-corrected chi connectivity index (χ3v) is 3.97. The number of halogens is 1. The van der Waals surface area contributed by atoms with Crippen LogP contribution in [0.1, 0.15) is 30.0 Å². The Bertz CT molecular complexity index is 441. The maximum atomic E-state index is 13.6. The Balaban J connectivity index is 1.90. The van der Waals surface area contributed by atoms with Crippen molar-refractivity contribution in [3.05, 3.63) is 34.6 Å². The lowest BCUT2D eigenvalue weighted by Crippen LogP contribution is -2.59. The molecule has 4 heteroatoms. The molecule has 1 N–H and O–H groups in total. The molecule has 0 aliphatic heterocycles. The van der Waals surface area contributed by atoms with Gasteiger partial charge >= 0.3 is 0 Å². The van der Waals surface area contributed by atoms with E-state index in [9.17, 15) is 4.39 Å². The lowest BCUT2D eigenvalue weighted by atomic mass is 9.85. The summed E-state index contributed by atoms with van der Waals surface area (Å²) < 4.78 is 24.7. The van der Waals surface area contributed by atoms with Crippen LogP contribution in [-0.2, 0) is 16.0 Å². The second-order valence-corrected chi connectivity index (χ2v) is 5.46. The van der Waals surface area contributed by atoms with E-state index < -0.39 is 0 Å². The van der Waals surface area contributed by atoms with E-state index in [4.69, 9.17) is 9.47 Å². The minimum absolute atomic E-state index is 0.108. The fourth-order valence-corrected chi connectivity index (χ4v) is 2.86. The number of ether oxygens (including phenoxy) is 2. The summed E-state index contributed by atoms with van der Waals surface area (Å²) in [5.74, 6) is -0.108. The van der Waals surface area contributed by atoms with Gasteiger partial charge in [-0.25, -0.2) is 4.39 Å². The van der Waals surface area contributed by atoms with E-state index in [2.05, 4.69) is 5.32 Å². The lowest BCUT2D eigenvalue weighted by Gasteiger charge is -2.43. The van der Waals surface area contributed by atoms with E-state index in [-0.39, 0.29) is 18.0 Å². The predicted octanol–water partition coefficient (Wildman–Crippen LogP) is 2.72. The van der Waals surface area contributed by atoms with E-state index in [1.54, 1.807) is 21.0 Å². The Labute approximate surface area is 120 Å². The molecule has 0 amide bonds. The molecule has 1 aliphatic rings. The van der Waals surface area contributed by atoms with Crippen LogP contribution in [0.4, 0.5) is 4.39 Å². The van der Waals surface area contributed by atoms with Crippen LogP contribution in [0.3, 0.4) is 0 Å². The molecule has 3 atom stereocenters. The molecule has 20 heavy (non-hydrogen) atoms. The Morgan fingerprint density at radius 1 is 1.30 bits per heavy atom. The number of nitrogens with one attached hydrogen (secondary N) is 1. The van der Waals surface area contributed by atoms with Gasteiger partial charge in [0.2, 0.25) is 0 Å². The van der Waals surface area contributed by atoms with Gasteiger partial charge in [0.15, 0.2) is 0 Å². The first-order chi connectivity index (χ1) is 9.56. The monoisotopic (exact) mass is 281 g/mol. The highest BCUT2D eigenvalue weighted by molar-refractivity contribution is 5.30. The van der Waals surface area contributed by atoms with Gasteiger partial charge in [-0.2, -0.15) is 0 Å². The standard InChI is InChI=1S/C16H24FNO2/c1-5-20-14-8-13(16(14)19-4)18-9-12-6-10(2)15(17)11(3)7-12/h6-7,13-14,16,18H,5,8-9H2,1-4H3. The molecule has 1 fully saturated rings. The molecule has 0 radical (unpaired) electrons. The maximum absolute atomic E-state index is 13.6. The first-order valence-corrected chi connectivity index (χ1v) is 7.20. The van der Waals surface area contributed by atoms with Crippen molar-refractivity contribution in [1.29, 1.82) is 0 Å². The molecule has 112 valence electrons. The Morgan fingerprint density at radius 3 is 2.50 bits per heavy atom. The van der Waals surface area contributed by atoms with Crippen LogP contribution in [0.2, 0.25) is 0 Å². The topological polar surface area (TPSA) is 30.5 Å². The van der Waals surface area contributed by atoms with Crippen molar-refractivity contribution in [3.8, 4) is 0 Å². The van der Waals surface area contributed by atoms with Gasteiger partial charge in [-0.05, 0) is 43.9 Å². The summed E-state index contributed by atoms with van der Waals surface area (Å²) in [6.07, 6.45) is 1.27. The molecule has 1 aromatic carbocycles. The molecule has 2 rings (SSSR count).